The fraction of sp³-hybridized carbons (Fsp3) is 0.846. The lowest BCUT2D eigenvalue weighted by atomic mass is 9.76. The van der Waals surface area contributed by atoms with Crippen molar-refractivity contribution in [3.63, 3.8) is 0 Å². The molecule has 1 nitrogen and oxygen atoms in total. The average molecular weight is 226 g/mol. The van der Waals surface area contributed by atoms with Gasteiger partial charge in [-0.15, -0.1) is 0 Å². The quantitative estimate of drug-likeness (QED) is 0.512. The van der Waals surface area contributed by atoms with Crippen molar-refractivity contribution < 1.29 is 4.43 Å². The Hall–Kier alpha value is -0.0831. The first kappa shape index (κ1) is 13.0. The Balaban J connectivity index is 2.85. The molecule has 2 heteroatoms. The van der Waals surface area contributed by atoms with Crippen LogP contribution in [0.4, 0.5) is 0 Å². The standard InChI is InChI=1S/C13H26OSi/c1-10-11(13(2,3)4)8-7-9-12(10)14-15(5)6/h12,15H,7-9H2,1-6H3. The highest BCUT2D eigenvalue weighted by Gasteiger charge is 2.27. The van der Waals surface area contributed by atoms with E-state index in [2.05, 4.69) is 40.8 Å². The second kappa shape index (κ2) is 4.83. The molecule has 1 atom stereocenters. The zero-order valence-electron chi connectivity index (χ0n) is 11.2. The number of hydrogen-bond acceptors (Lipinski definition) is 1. The molecule has 0 bridgehead atoms. The largest absolute Gasteiger partial charge is 0.414 e. The van der Waals surface area contributed by atoms with Crippen LogP contribution in [0.2, 0.25) is 13.1 Å². The van der Waals surface area contributed by atoms with E-state index < -0.39 is 9.04 Å². The molecule has 0 saturated carbocycles. The highest BCUT2D eigenvalue weighted by molar-refractivity contribution is 6.48. The number of rotatable bonds is 2. The second-order valence-electron chi connectivity index (χ2n) is 5.98. The molecule has 0 aliphatic heterocycles. The summed E-state index contributed by atoms with van der Waals surface area (Å²) >= 11 is 0. The molecule has 0 aromatic rings. The first-order valence-electron chi connectivity index (χ1n) is 6.18. The van der Waals surface area contributed by atoms with Crippen molar-refractivity contribution in [3.8, 4) is 0 Å². The summed E-state index contributed by atoms with van der Waals surface area (Å²) in [5, 5.41) is 0. The van der Waals surface area contributed by atoms with Gasteiger partial charge in [-0.2, -0.15) is 0 Å². The molecule has 0 spiro atoms. The minimum atomic E-state index is -0.898. The zero-order chi connectivity index (χ0) is 11.6. The van der Waals surface area contributed by atoms with Crippen molar-refractivity contribution in [2.45, 2.75) is 66.2 Å². The van der Waals surface area contributed by atoms with Gasteiger partial charge in [0.15, 0.2) is 9.04 Å². The topological polar surface area (TPSA) is 9.23 Å². The van der Waals surface area contributed by atoms with E-state index in [0.717, 1.165) is 0 Å². The molecular weight excluding hydrogens is 200 g/mol. The lowest BCUT2D eigenvalue weighted by molar-refractivity contribution is 0.210. The van der Waals surface area contributed by atoms with E-state index in [1.54, 1.807) is 5.57 Å². The Labute approximate surface area is 96.6 Å². The third kappa shape index (κ3) is 3.46. The van der Waals surface area contributed by atoms with Crippen LogP contribution in [0.25, 0.3) is 0 Å². The van der Waals surface area contributed by atoms with Crippen LogP contribution in [-0.2, 0) is 4.43 Å². The van der Waals surface area contributed by atoms with Gasteiger partial charge in [0.05, 0.1) is 6.10 Å². The maximum Gasteiger partial charge on any atom is 0.171 e. The van der Waals surface area contributed by atoms with Crippen molar-refractivity contribution in [1.82, 2.24) is 0 Å². The normalized spacial score (nSPS) is 23.8. The summed E-state index contributed by atoms with van der Waals surface area (Å²) in [7, 11) is -0.898. The van der Waals surface area contributed by atoms with Crippen LogP contribution in [0.15, 0.2) is 11.1 Å². The highest BCUT2D eigenvalue weighted by Crippen LogP contribution is 2.38. The Bertz CT molecular complexity index is 248. The minimum Gasteiger partial charge on any atom is -0.414 e. The molecule has 0 N–H and O–H groups in total. The monoisotopic (exact) mass is 226 g/mol. The van der Waals surface area contributed by atoms with Gasteiger partial charge in [-0.05, 0) is 50.3 Å². The van der Waals surface area contributed by atoms with Crippen molar-refractivity contribution in [2.24, 2.45) is 5.41 Å². The molecule has 88 valence electrons. The summed E-state index contributed by atoms with van der Waals surface area (Å²) < 4.78 is 6.11. The SMILES string of the molecule is CC1=C(C(C)(C)C)CCCC1O[SiH](C)C. The molecule has 0 radical (unpaired) electrons. The summed E-state index contributed by atoms with van der Waals surface area (Å²) in [5.74, 6) is 0. The summed E-state index contributed by atoms with van der Waals surface area (Å²) in [6.07, 6.45) is 4.24. The van der Waals surface area contributed by atoms with Gasteiger partial charge in [-0.1, -0.05) is 26.3 Å². The molecule has 0 saturated heterocycles. The Kier molecular flexibility index (Phi) is 4.18. The van der Waals surface area contributed by atoms with Gasteiger partial charge < -0.3 is 4.43 Å². The molecule has 0 aromatic heterocycles. The molecular formula is C13H26OSi. The molecule has 0 heterocycles. The third-order valence-electron chi connectivity index (χ3n) is 3.19. The van der Waals surface area contributed by atoms with Gasteiger partial charge in [0, 0.05) is 0 Å². The van der Waals surface area contributed by atoms with Gasteiger partial charge in [0.1, 0.15) is 0 Å². The summed E-state index contributed by atoms with van der Waals surface area (Å²) in [5.41, 5.74) is 3.48. The van der Waals surface area contributed by atoms with Crippen LogP contribution >= 0.6 is 0 Å². The van der Waals surface area contributed by atoms with Gasteiger partial charge in [0.2, 0.25) is 0 Å². The molecule has 1 aliphatic carbocycles. The maximum atomic E-state index is 6.11. The van der Waals surface area contributed by atoms with Crippen LogP contribution < -0.4 is 0 Å². The first-order chi connectivity index (χ1) is 6.82. The molecule has 1 aliphatic rings. The van der Waals surface area contributed by atoms with Crippen LogP contribution in [0, 0.1) is 5.41 Å². The number of hydrogen-bond donors (Lipinski definition) is 0. The van der Waals surface area contributed by atoms with E-state index in [-0.39, 0.29) is 0 Å². The molecule has 1 rings (SSSR count). The minimum absolute atomic E-state index is 0.324. The fourth-order valence-electron chi connectivity index (χ4n) is 2.54. The Morgan fingerprint density at radius 3 is 2.33 bits per heavy atom. The van der Waals surface area contributed by atoms with E-state index in [1.165, 1.54) is 24.8 Å². The molecule has 0 fully saturated rings. The lowest BCUT2D eigenvalue weighted by Crippen LogP contribution is -2.28. The Morgan fingerprint density at radius 1 is 1.27 bits per heavy atom. The smallest absolute Gasteiger partial charge is 0.171 e. The van der Waals surface area contributed by atoms with E-state index in [4.69, 9.17) is 4.43 Å². The van der Waals surface area contributed by atoms with Gasteiger partial charge in [-0.25, -0.2) is 0 Å². The summed E-state index contributed by atoms with van der Waals surface area (Å²) in [6.45, 7) is 13.8. The van der Waals surface area contributed by atoms with Crippen molar-refractivity contribution in [2.75, 3.05) is 0 Å². The Morgan fingerprint density at radius 2 is 1.87 bits per heavy atom. The maximum absolute atomic E-state index is 6.11. The molecule has 15 heavy (non-hydrogen) atoms. The van der Waals surface area contributed by atoms with Crippen molar-refractivity contribution in [3.05, 3.63) is 11.1 Å². The zero-order valence-corrected chi connectivity index (χ0v) is 12.3. The highest BCUT2D eigenvalue weighted by atomic mass is 28.3. The molecule has 0 amide bonds. The fourth-order valence-corrected chi connectivity index (χ4v) is 3.53. The molecule has 1 unspecified atom stereocenters. The summed E-state index contributed by atoms with van der Waals surface area (Å²) in [4.78, 5) is 0. The van der Waals surface area contributed by atoms with E-state index in [9.17, 15) is 0 Å². The predicted molar refractivity (Wildman–Crippen MR) is 69.8 cm³/mol. The lowest BCUT2D eigenvalue weighted by Gasteiger charge is -2.34. The van der Waals surface area contributed by atoms with Gasteiger partial charge in [0.25, 0.3) is 0 Å². The van der Waals surface area contributed by atoms with Crippen LogP contribution in [0.5, 0.6) is 0 Å². The third-order valence-corrected chi connectivity index (χ3v) is 4.07. The summed E-state index contributed by atoms with van der Waals surface area (Å²) in [6, 6.07) is 0. The molecule has 0 aromatic carbocycles. The average Bonchev–Trinajstić information content (AvgIpc) is 2.05. The predicted octanol–water partition coefficient (Wildman–Crippen LogP) is 3.90. The van der Waals surface area contributed by atoms with Crippen LogP contribution in [0.1, 0.15) is 47.0 Å². The van der Waals surface area contributed by atoms with E-state index in [0.29, 0.717) is 11.5 Å². The number of allylic oxidation sites excluding steroid dienone is 1. The van der Waals surface area contributed by atoms with Crippen molar-refractivity contribution in [1.29, 1.82) is 0 Å². The van der Waals surface area contributed by atoms with Gasteiger partial charge in [-0.3, -0.25) is 0 Å². The first-order valence-corrected chi connectivity index (χ1v) is 8.96. The van der Waals surface area contributed by atoms with Crippen molar-refractivity contribution >= 4 is 9.04 Å². The van der Waals surface area contributed by atoms with Gasteiger partial charge >= 0.3 is 0 Å². The van der Waals surface area contributed by atoms with E-state index >= 15 is 0 Å². The van der Waals surface area contributed by atoms with Crippen LogP contribution in [0.3, 0.4) is 0 Å². The van der Waals surface area contributed by atoms with Crippen LogP contribution in [-0.4, -0.2) is 15.1 Å². The second-order valence-corrected chi connectivity index (χ2v) is 8.35. The van der Waals surface area contributed by atoms with E-state index in [1.807, 2.05) is 0 Å².